The predicted octanol–water partition coefficient (Wildman–Crippen LogP) is 5.75. The summed E-state index contributed by atoms with van der Waals surface area (Å²) in [5.74, 6) is 1.75. The van der Waals surface area contributed by atoms with E-state index in [1.54, 1.807) is 0 Å². The van der Waals surface area contributed by atoms with Gasteiger partial charge in [0.2, 0.25) is 0 Å². The number of para-hydroxylation sites is 2. The highest BCUT2D eigenvalue weighted by molar-refractivity contribution is 5.95. The van der Waals surface area contributed by atoms with Crippen molar-refractivity contribution in [2.24, 2.45) is 0 Å². The Balaban J connectivity index is 1.38. The number of aryl methyl sites for hydroxylation is 4. The van der Waals surface area contributed by atoms with Gasteiger partial charge in [0.1, 0.15) is 11.6 Å². The number of hydrogen-bond acceptors (Lipinski definition) is 3. The minimum Gasteiger partial charge on any atom is -0.493 e. The Kier molecular flexibility index (Phi) is 7.08. The number of hydrogen-bond donors (Lipinski definition) is 1. The van der Waals surface area contributed by atoms with E-state index in [0.29, 0.717) is 18.7 Å². The molecule has 1 aromatic heterocycles. The maximum Gasteiger partial charge on any atom is 0.251 e. The Morgan fingerprint density at radius 1 is 0.939 bits per heavy atom. The van der Waals surface area contributed by atoms with Crippen LogP contribution in [0, 0.1) is 20.8 Å². The van der Waals surface area contributed by atoms with Gasteiger partial charge in [0.05, 0.1) is 24.2 Å². The highest BCUT2D eigenvalue weighted by Crippen LogP contribution is 2.20. The van der Waals surface area contributed by atoms with Crippen LogP contribution in [0.4, 0.5) is 0 Å². The number of aromatic nitrogens is 2. The van der Waals surface area contributed by atoms with E-state index in [1.807, 2.05) is 55.5 Å². The van der Waals surface area contributed by atoms with Crippen molar-refractivity contribution in [3.05, 3.63) is 94.8 Å². The second-order valence-corrected chi connectivity index (χ2v) is 8.49. The lowest BCUT2D eigenvalue weighted by Gasteiger charge is -2.12. The van der Waals surface area contributed by atoms with Gasteiger partial charge in [0.25, 0.3) is 5.91 Å². The first-order chi connectivity index (χ1) is 16.0. The summed E-state index contributed by atoms with van der Waals surface area (Å²) in [7, 11) is 0. The Bertz CT molecular complexity index is 1260. The smallest absolute Gasteiger partial charge is 0.251 e. The molecule has 0 aliphatic heterocycles. The normalized spacial score (nSPS) is 11.0. The molecule has 5 nitrogen and oxygen atoms in total. The fraction of sp³-hybridized carbons (Fsp3) is 0.286. The van der Waals surface area contributed by atoms with Crippen molar-refractivity contribution in [2.45, 2.75) is 46.7 Å². The number of rotatable bonds is 9. The van der Waals surface area contributed by atoms with Crippen LogP contribution in [0.2, 0.25) is 0 Å². The molecule has 0 fully saturated rings. The SMILES string of the molecule is Cc1ccc(OCCCCn2c(CNC(=O)c3ccccc3C)nc3ccccc32)c(C)c1. The quantitative estimate of drug-likeness (QED) is 0.337. The van der Waals surface area contributed by atoms with Crippen LogP contribution in [0.15, 0.2) is 66.7 Å². The molecule has 0 spiro atoms. The molecule has 0 unspecified atom stereocenters. The van der Waals surface area contributed by atoms with E-state index < -0.39 is 0 Å². The lowest BCUT2D eigenvalue weighted by molar-refractivity contribution is 0.0949. The molecule has 3 aromatic carbocycles. The number of carbonyl (C=O) groups excluding carboxylic acids is 1. The molecule has 33 heavy (non-hydrogen) atoms. The maximum absolute atomic E-state index is 12.7. The number of nitrogens with one attached hydrogen (secondary N) is 1. The van der Waals surface area contributed by atoms with Crippen LogP contribution in [0.25, 0.3) is 11.0 Å². The Morgan fingerprint density at radius 3 is 2.55 bits per heavy atom. The van der Waals surface area contributed by atoms with Crippen LogP contribution >= 0.6 is 0 Å². The number of carbonyl (C=O) groups is 1. The topological polar surface area (TPSA) is 56.1 Å². The molecule has 0 aliphatic carbocycles. The van der Waals surface area contributed by atoms with Crippen molar-refractivity contribution in [1.29, 1.82) is 0 Å². The van der Waals surface area contributed by atoms with Gasteiger partial charge in [-0.2, -0.15) is 0 Å². The Hall–Kier alpha value is -3.60. The second-order valence-electron chi connectivity index (χ2n) is 8.49. The van der Waals surface area contributed by atoms with Gasteiger partial charge in [-0.3, -0.25) is 4.79 Å². The third-order valence-electron chi connectivity index (χ3n) is 5.89. The maximum atomic E-state index is 12.7. The van der Waals surface area contributed by atoms with E-state index in [2.05, 4.69) is 41.9 Å². The third kappa shape index (κ3) is 5.43. The summed E-state index contributed by atoms with van der Waals surface area (Å²) in [6.07, 6.45) is 1.90. The van der Waals surface area contributed by atoms with Gasteiger partial charge in [0.15, 0.2) is 0 Å². The summed E-state index contributed by atoms with van der Waals surface area (Å²) in [5.41, 5.74) is 6.12. The Labute approximate surface area is 195 Å². The van der Waals surface area contributed by atoms with Crippen LogP contribution in [-0.2, 0) is 13.1 Å². The summed E-state index contributed by atoms with van der Waals surface area (Å²) < 4.78 is 8.20. The molecule has 0 atom stereocenters. The first-order valence-corrected chi connectivity index (χ1v) is 11.5. The second kappa shape index (κ2) is 10.3. The lowest BCUT2D eigenvalue weighted by atomic mass is 10.1. The van der Waals surface area contributed by atoms with E-state index in [0.717, 1.165) is 47.6 Å². The standard InChI is InChI=1S/C28H31N3O2/c1-20-14-15-26(22(3)18-20)33-17-9-8-16-31-25-13-7-6-12-24(25)30-27(31)19-29-28(32)23-11-5-4-10-21(23)2/h4-7,10-15,18H,8-9,16-17,19H2,1-3H3,(H,29,32). The first-order valence-electron chi connectivity index (χ1n) is 11.5. The molecule has 0 aliphatic rings. The van der Waals surface area contributed by atoms with Gasteiger partial charge in [-0.05, 0) is 69.0 Å². The zero-order chi connectivity index (χ0) is 23.2. The number of imidazole rings is 1. The van der Waals surface area contributed by atoms with Crippen molar-refractivity contribution in [1.82, 2.24) is 14.9 Å². The predicted molar refractivity (Wildman–Crippen MR) is 133 cm³/mol. The van der Waals surface area contributed by atoms with Crippen LogP contribution in [0.1, 0.15) is 45.7 Å². The van der Waals surface area contributed by atoms with Gasteiger partial charge < -0.3 is 14.6 Å². The van der Waals surface area contributed by atoms with Crippen molar-refractivity contribution in [2.75, 3.05) is 6.61 Å². The summed E-state index contributed by atoms with van der Waals surface area (Å²) in [6, 6.07) is 22.0. The molecule has 1 N–H and O–H groups in total. The van der Waals surface area contributed by atoms with Gasteiger partial charge in [0, 0.05) is 12.1 Å². The zero-order valence-electron chi connectivity index (χ0n) is 19.6. The average molecular weight is 442 g/mol. The van der Waals surface area contributed by atoms with Crippen LogP contribution in [-0.4, -0.2) is 22.1 Å². The molecule has 1 heterocycles. The van der Waals surface area contributed by atoms with E-state index in [4.69, 9.17) is 9.72 Å². The summed E-state index contributed by atoms with van der Waals surface area (Å²) in [5, 5.41) is 3.04. The number of benzene rings is 3. The molecule has 0 saturated carbocycles. The number of nitrogens with zero attached hydrogens (tertiary/aromatic N) is 2. The minimum atomic E-state index is -0.0754. The average Bonchev–Trinajstić information content (AvgIpc) is 3.16. The number of fused-ring (bicyclic) bond motifs is 1. The number of unbranched alkanes of at least 4 members (excludes halogenated alkanes) is 1. The van der Waals surface area contributed by atoms with Crippen molar-refractivity contribution in [3.63, 3.8) is 0 Å². The van der Waals surface area contributed by atoms with Gasteiger partial charge >= 0.3 is 0 Å². The van der Waals surface area contributed by atoms with Crippen LogP contribution < -0.4 is 10.1 Å². The van der Waals surface area contributed by atoms with E-state index >= 15 is 0 Å². The zero-order valence-corrected chi connectivity index (χ0v) is 19.6. The summed E-state index contributed by atoms with van der Waals surface area (Å²) in [6.45, 7) is 8.01. The molecule has 0 bridgehead atoms. The molecule has 0 radical (unpaired) electrons. The van der Waals surface area contributed by atoms with Gasteiger partial charge in [-0.15, -0.1) is 0 Å². The largest absolute Gasteiger partial charge is 0.493 e. The van der Waals surface area contributed by atoms with Gasteiger partial charge in [-0.25, -0.2) is 4.98 Å². The third-order valence-corrected chi connectivity index (χ3v) is 5.89. The number of ether oxygens (including phenoxy) is 1. The lowest BCUT2D eigenvalue weighted by Crippen LogP contribution is -2.25. The monoisotopic (exact) mass is 441 g/mol. The van der Waals surface area contributed by atoms with Crippen LogP contribution in [0.5, 0.6) is 5.75 Å². The highest BCUT2D eigenvalue weighted by Gasteiger charge is 2.13. The van der Waals surface area contributed by atoms with Crippen molar-refractivity contribution >= 4 is 16.9 Å². The molecule has 4 aromatic rings. The number of amides is 1. The van der Waals surface area contributed by atoms with Crippen molar-refractivity contribution in [3.8, 4) is 5.75 Å². The minimum absolute atomic E-state index is 0.0754. The summed E-state index contributed by atoms with van der Waals surface area (Å²) in [4.78, 5) is 17.5. The molecular weight excluding hydrogens is 410 g/mol. The fourth-order valence-corrected chi connectivity index (χ4v) is 4.11. The Morgan fingerprint density at radius 2 is 1.73 bits per heavy atom. The highest BCUT2D eigenvalue weighted by atomic mass is 16.5. The van der Waals surface area contributed by atoms with E-state index in [-0.39, 0.29) is 5.91 Å². The molecule has 5 heteroatoms. The summed E-state index contributed by atoms with van der Waals surface area (Å²) >= 11 is 0. The van der Waals surface area contributed by atoms with E-state index in [1.165, 1.54) is 11.1 Å². The van der Waals surface area contributed by atoms with Crippen molar-refractivity contribution < 1.29 is 9.53 Å². The molecule has 170 valence electrons. The fourth-order valence-electron chi connectivity index (χ4n) is 4.11. The first kappa shape index (κ1) is 22.6. The molecule has 1 amide bonds. The molecular formula is C28H31N3O2. The van der Waals surface area contributed by atoms with Gasteiger partial charge in [-0.1, -0.05) is 48.0 Å². The molecule has 4 rings (SSSR count). The van der Waals surface area contributed by atoms with E-state index in [9.17, 15) is 4.79 Å². The molecule has 0 saturated heterocycles. The van der Waals surface area contributed by atoms with Crippen LogP contribution in [0.3, 0.4) is 0 Å².